The molecule has 1 saturated heterocycles. The van der Waals surface area contributed by atoms with Gasteiger partial charge in [0.1, 0.15) is 0 Å². The summed E-state index contributed by atoms with van der Waals surface area (Å²) >= 11 is 0. The molecule has 0 unspecified atom stereocenters. The number of nitrogens with zero attached hydrogens (tertiary/aromatic N) is 2. The van der Waals surface area contributed by atoms with Crippen LogP contribution in [0.2, 0.25) is 0 Å². The van der Waals surface area contributed by atoms with Crippen molar-refractivity contribution in [1.29, 1.82) is 0 Å². The minimum absolute atomic E-state index is 0.0240. The fourth-order valence-corrected chi connectivity index (χ4v) is 5.28. The number of carboxylic acid groups (broad SMARTS) is 1. The summed E-state index contributed by atoms with van der Waals surface area (Å²) < 4.78 is 27.9. The van der Waals surface area contributed by atoms with Crippen LogP contribution in [0.3, 0.4) is 0 Å². The van der Waals surface area contributed by atoms with Gasteiger partial charge in [0.15, 0.2) is 0 Å². The first-order valence-corrected chi connectivity index (χ1v) is 8.71. The Labute approximate surface area is 119 Å². The first kappa shape index (κ1) is 14.3. The predicted octanol–water partition coefficient (Wildman–Crippen LogP) is 0.760. The lowest BCUT2D eigenvalue weighted by Gasteiger charge is -2.26. The van der Waals surface area contributed by atoms with Gasteiger partial charge in [-0.05, 0) is 37.5 Å². The van der Waals surface area contributed by atoms with E-state index in [-0.39, 0.29) is 12.5 Å². The van der Waals surface area contributed by atoms with Crippen molar-refractivity contribution in [2.45, 2.75) is 32.1 Å². The molecule has 2 saturated carbocycles. The van der Waals surface area contributed by atoms with E-state index in [1.165, 1.54) is 8.61 Å². The Kier molecular flexibility index (Phi) is 3.34. The molecule has 3 rings (SSSR count). The molecular weight excluding hydrogens is 280 g/mol. The average Bonchev–Trinajstić information content (AvgIpc) is 2.95. The number of carboxylic acids is 1. The van der Waals surface area contributed by atoms with Gasteiger partial charge in [-0.25, -0.2) is 0 Å². The highest BCUT2D eigenvalue weighted by Gasteiger charge is 2.57. The molecule has 1 N–H and O–H groups in total. The highest BCUT2D eigenvalue weighted by Crippen LogP contribution is 2.49. The van der Waals surface area contributed by atoms with Crippen LogP contribution in [0, 0.1) is 17.3 Å². The van der Waals surface area contributed by atoms with Crippen molar-refractivity contribution < 1.29 is 18.3 Å². The van der Waals surface area contributed by atoms with E-state index in [1.54, 1.807) is 7.05 Å². The first-order valence-electron chi connectivity index (χ1n) is 7.31. The summed E-state index contributed by atoms with van der Waals surface area (Å²) in [5, 5.41) is 9.52. The van der Waals surface area contributed by atoms with E-state index in [1.807, 2.05) is 0 Å². The number of carbonyl (C=O) groups is 1. The van der Waals surface area contributed by atoms with Gasteiger partial charge in [0.25, 0.3) is 10.2 Å². The zero-order valence-electron chi connectivity index (χ0n) is 11.8. The van der Waals surface area contributed by atoms with Crippen LogP contribution in [0.15, 0.2) is 0 Å². The van der Waals surface area contributed by atoms with Gasteiger partial charge in [0, 0.05) is 26.7 Å². The van der Waals surface area contributed by atoms with Crippen LogP contribution in [-0.4, -0.2) is 54.8 Å². The summed E-state index contributed by atoms with van der Waals surface area (Å²) in [6.45, 7) is 1.07. The number of hydrogen-bond donors (Lipinski definition) is 1. The second-order valence-corrected chi connectivity index (χ2v) is 8.61. The Bertz CT molecular complexity index is 516. The van der Waals surface area contributed by atoms with Crippen LogP contribution in [0.4, 0.5) is 0 Å². The maximum absolute atomic E-state index is 12.6. The van der Waals surface area contributed by atoms with Crippen LogP contribution in [0.5, 0.6) is 0 Å². The average molecular weight is 302 g/mol. The summed E-state index contributed by atoms with van der Waals surface area (Å²) in [5.74, 6) is -0.364. The number of rotatable bonds is 5. The monoisotopic (exact) mass is 302 g/mol. The van der Waals surface area contributed by atoms with Crippen molar-refractivity contribution in [3.8, 4) is 0 Å². The van der Waals surface area contributed by atoms with E-state index in [9.17, 15) is 18.3 Å². The summed E-state index contributed by atoms with van der Waals surface area (Å²) in [6, 6.07) is 0. The zero-order valence-corrected chi connectivity index (χ0v) is 12.6. The third-order valence-corrected chi connectivity index (χ3v) is 7.07. The molecule has 0 bridgehead atoms. The highest BCUT2D eigenvalue weighted by atomic mass is 32.2. The Hall–Kier alpha value is -0.660. The van der Waals surface area contributed by atoms with Gasteiger partial charge in [-0.2, -0.15) is 17.0 Å². The second kappa shape index (κ2) is 4.68. The third-order valence-electron chi connectivity index (χ3n) is 5.20. The highest BCUT2D eigenvalue weighted by molar-refractivity contribution is 7.86. The lowest BCUT2D eigenvalue weighted by atomic mass is 9.81. The normalized spacial score (nSPS) is 34.6. The predicted molar refractivity (Wildman–Crippen MR) is 73.3 cm³/mol. The fourth-order valence-electron chi connectivity index (χ4n) is 3.72. The van der Waals surface area contributed by atoms with E-state index < -0.39 is 21.6 Å². The molecule has 6 nitrogen and oxygen atoms in total. The Balaban J connectivity index is 1.77. The summed E-state index contributed by atoms with van der Waals surface area (Å²) in [7, 11) is -1.90. The molecule has 0 aromatic rings. The standard InChI is InChI=1S/C13H22N2O4S/c1-14(7-10-4-5-10)20(18,19)15-8-11-3-2-6-13(11,9-15)12(16)17/h10-11H,2-9H2,1H3,(H,16,17)/t11-,13+/m0/s1. The zero-order chi connectivity index (χ0) is 14.5. The number of aliphatic carboxylic acids is 1. The molecule has 0 spiro atoms. The Morgan fingerprint density at radius 1 is 1.40 bits per heavy atom. The van der Waals surface area contributed by atoms with Gasteiger partial charge in [-0.15, -0.1) is 0 Å². The molecule has 0 amide bonds. The molecule has 2 aliphatic carbocycles. The van der Waals surface area contributed by atoms with Crippen molar-refractivity contribution in [2.75, 3.05) is 26.7 Å². The van der Waals surface area contributed by atoms with Crippen LogP contribution in [0.1, 0.15) is 32.1 Å². The summed E-state index contributed by atoms with van der Waals surface area (Å²) in [6.07, 6.45) is 4.52. The molecule has 1 aliphatic heterocycles. The molecule has 3 fully saturated rings. The molecule has 114 valence electrons. The largest absolute Gasteiger partial charge is 0.481 e. The minimum atomic E-state index is -3.50. The van der Waals surface area contributed by atoms with Gasteiger partial charge >= 0.3 is 5.97 Å². The van der Waals surface area contributed by atoms with Gasteiger partial charge in [-0.1, -0.05) is 6.42 Å². The lowest BCUT2D eigenvalue weighted by molar-refractivity contribution is -0.149. The first-order chi connectivity index (χ1) is 9.36. The van der Waals surface area contributed by atoms with E-state index in [0.717, 1.165) is 25.7 Å². The van der Waals surface area contributed by atoms with Crippen molar-refractivity contribution in [1.82, 2.24) is 8.61 Å². The molecule has 2 atom stereocenters. The van der Waals surface area contributed by atoms with Gasteiger partial charge in [0.2, 0.25) is 0 Å². The molecule has 0 radical (unpaired) electrons. The van der Waals surface area contributed by atoms with Crippen molar-refractivity contribution >= 4 is 16.2 Å². The van der Waals surface area contributed by atoms with Crippen molar-refractivity contribution in [3.63, 3.8) is 0 Å². The van der Waals surface area contributed by atoms with Crippen LogP contribution in [0.25, 0.3) is 0 Å². The topological polar surface area (TPSA) is 77.9 Å². The minimum Gasteiger partial charge on any atom is -0.481 e. The van der Waals surface area contributed by atoms with Crippen LogP contribution >= 0.6 is 0 Å². The molecule has 7 heteroatoms. The number of hydrogen-bond acceptors (Lipinski definition) is 3. The molecule has 20 heavy (non-hydrogen) atoms. The van der Waals surface area contributed by atoms with E-state index in [4.69, 9.17) is 0 Å². The molecular formula is C13H22N2O4S. The fraction of sp³-hybridized carbons (Fsp3) is 0.923. The maximum Gasteiger partial charge on any atom is 0.311 e. The van der Waals surface area contributed by atoms with E-state index in [0.29, 0.717) is 25.4 Å². The third kappa shape index (κ3) is 2.16. The SMILES string of the molecule is CN(CC1CC1)S(=O)(=O)N1C[C@@H]2CCC[C@@]2(C(=O)O)C1. The second-order valence-electron chi connectivity index (χ2n) is 6.57. The quantitative estimate of drug-likeness (QED) is 0.813. The van der Waals surface area contributed by atoms with Gasteiger partial charge in [0.05, 0.1) is 5.41 Å². The van der Waals surface area contributed by atoms with E-state index in [2.05, 4.69) is 0 Å². The van der Waals surface area contributed by atoms with Crippen LogP contribution in [-0.2, 0) is 15.0 Å². The molecule has 3 aliphatic rings. The molecule has 0 aromatic heterocycles. The summed E-state index contributed by atoms with van der Waals surface area (Å²) in [4.78, 5) is 11.6. The van der Waals surface area contributed by atoms with Gasteiger partial charge < -0.3 is 5.11 Å². The van der Waals surface area contributed by atoms with Crippen molar-refractivity contribution in [2.24, 2.45) is 17.3 Å². The van der Waals surface area contributed by atoms with Crippen LogP contribution < -0.4 is 0 Å². The Morgan fingerprint density at radius 3 is 2.65 bits per heavy atom. The van der Waals surface area contributed by atoms with Crippen molar-refractivity contribution in [3.05, 3.63) is 0 Å². The van der Waals surface area contributed by atoms with E-state index >= 15 is 0 Å². The summed E-state index contributed by atoms with van der Waals surface area (Å²) in [5.41, 5.74) is -0.840. The smallest absolute Gasteiger partial charge is 0.311 e. The molecule has 1 heterocycles. The maximum atomic E-state index is 12.6. The number of fused-ring (bicyclic) bond motifs is 1. The Morgan fingerprint density at radius 2 is 2.10 bits per heavy atom. The lowest BCUT2D eigenvalue weighted by Crippen LogP contribution is -2.43. The van der Waals surface area contributed by atoms with Gasteiger partial charge in [-0.3, -0.25) is 4.79 Å². The molecule has 0 aromatic carbocycles.